The molecule has 1 fully saturated rings. The van der Waals surface area contributed by atoms with Crippen molar-refractivity contribution in [3.05, 3.63) is 30.1 Å². The highest BCUT2D eigenvalue weighted by Gasteiger charge is 2.29. The number of aliphatic carboxylic acids is 1. The molecule has 98 valence electrons. The zero-order valence-corrected chi connectivity index (χ0v) is 9.93. The van der Waals surface area contributed by atoms with E-state index in [1.165, 1.54) is 24.3 Å². The molecule has 0 spiro atoms. The van der Waals surface area contributed by atoms with Crippen LogP contribution in [0.3, 0.4) is 0 Å². The predicted octanol–water partition coefficient (Wildman–Crippen LogP) is 2.12. The Balaban J connectivity index is 2.05. The first-order chi connectivity index (χ1) is 8.66. The first kappa shape index (κ1) is 12.8. The molecule has 5 heteroatoms. The summed E-state index contributed by atoms with van der Waals surface area (Å²) in [5, 5.41) is 12.2. The van der Waals surface area contributed by atoms with Crippen molar-refractivity contribution >= 4 is 11.7 Å². The molecule has 18 heavy (non-hydrogen) atoms. The van der Waals surface area contributed by atoms with E-state index in [4.69, 9.17) is 4.74 Å². The lowest BCUT2D eigenvalue weighted by atomic mass is 9.93. The maximum Gasteiger partial charge on any atom is 0.326 e. The van der Waals surface area contributed by atoms with E-state index < -0.39 is 12.0 Å². The second-order valence-corrected chi connectivity index (χ2v) is 4.44. The van der Waals surface area contributed by atoms with Crippen LogP contribution in [0.1, 0.15) is 12.8 Å². The molecule has 0 amide bonds. The van der Waals surface area contributed by atoms with Crippen molar-refractivity contribution < 1.29 is 19.0 Å². The monoisotopic (exact) mass is 253 g/mol. The fourth-order valence-electron chi connectivity index (χ4n) is 2.14. The minimum Gasteiger partial charge on any atom is -0.480 e. The van der Waals surface area contributed by atoms with E-state index in [1.54, 1.807) is 0 Å². The summed E-state index contributed by atoms with van der Waals surface area (Å²) >= 11 is 0. The van der Waals surface area contributed by atoms with Gasteiger partial charge in [0.1, 0.15) is 11.9 Å². The van der Waals surface area contributed by atoms with E-state index in [-0.39, 0.29) is 11.7 Å². The van der Waals surface area contributed by atoms with Gasteiger partial charge < -0.3 is 15.2 Å². The lowest BCUT2D eigenvalue weighted by Crippen LogP contribution is -2.40. The minimum absolute atomic E-state index is 0.0543. The maximum absolute atomic E-state index is 12.8. The van der Waals surface area contributed by atoms with Gasteiger partial charge in [-0.3, -0.25) is 0 Å². The third-order valence-electron chi connectivity index (χ3n) is 3.10. The number of halogens is 1. The number of carboxylic acid groups (broad SMARTS) is 1. The van der Waals surface area contributed by atoms with Gasteiger partial charge in [-0.25, -0.2) is 9.18 Å². The number of anilines is 1. The van der Waals surface area contributed by atoms with Crippen molar-refractivity contribution in [3.8, 4) is 0 Å². The standard InChI is InChI=1S/C13H16FNO3/c14-10-3-5-11(6-4-10)15-12(13(16)17)9-2-1-7-18-8-9/h3-6,9,12,15H,1-2,7-8H2,(H,16,17). The van der Waals surface area contributed by atoms with Gasteiger partial charge in [0.05, 0.1) is 6.61 Å². The molecule has 2 atom stereocenters. The molecule has 1 aromatic rings. The quantitative estimate of drug-likeness (QED) is 0.863. The van der Waals surface area contributed by atoms with Crippen molar-refractivity contribution in [3.63, 3.8) is 0 Å². The summed E-state index contributed by atoms with van der Waals surface area (Å²) < 4.78 is 18.1. The van der Waals surface area contributed by atoms with Crippen LogP contribution in [0.4, 0.5) is 10.1 Å². The van der Waals surface area contributed by atoms with Gasteiger partial charge in [-0.1, -0.05) is 0 Å². The molecule has 0 radical (unpaired) electrons. The van der Waals surface area contributed by atoms with Gasteiger partial charge in [0.2, 0.25) is 0 Å². The van der Waals surface area contributed by atoms with Crippen LogP contribution < -0.4 is 5.32 Å². The van der Waals surface area contributed by atoms with E-state index in [9.17, 15) is 14.3 Å². The van der Waals surface area contributed by atoms with Gasteiger partial charge in [0.25, 0.3) is 0 Å². The van der Waals surface area contributed by atoms with E-state index in [1.807, 2.05) is 0 Å². The van der Waals surface area contributed by atoms with Gasteiger partial charge in [-0.05, 0) is 37.1 Å². The summed E-state index contributed by atoms with van der Waals surface area (Å²) in [4.78, 5) is 11.3. The summed E-state index contributed by atoms with van der Waals surface area (Å²) in [6.45, 7) is 1.14. The van der Waals surface area contributed by atoms with E-state index in [2.05, 4.69) is 5.32 Å². The van der Waals surface area contributed by atoms with Crippen molar-refractivity contribution in [2.45, 2.75) is 18.9 Å². The van der Waals surface area contributed by atoms with Crippen LogP contribution in [0.15, 0.2) is 24.3 Å². The number of hydrogen-bond acceptors (Lipinski definition) is 3. The Morgan fingerprint density at radius 1 is 1.44 bits per heavy atom. The molecule has 2 N–H and O–H groups in total. The Kier molecular flexibility index (Phi) is 4.15. The molecule has 1 aliphatic heterocycles. The molecule has 0 bridgehead atoms. The van der Waals surface area contributed by atoms with Crippen molar-refractivity contribution in [2.24, 2.45) is 5.92 Å². The number of carboxylic acids is 1. The largest absolute Gasteiger partial charge is 0.480 e. The lowest BCUT2D eigenvalue weighted by molar-refractivity contribution is -0.140. The summed E-state index contributed by atoms with van der Waals surface area (Å²) in [5.74, 6) is -1.30. The fraction of sp³-hybridized carbons (Fsp3) is 0.462. The highest BCUT2D eigenvalue weighted by Crippen LogP contribution is 2.21. The van der Waals surface area contributed by atoms with Crippen LogP contribution >= 0.6 is 0 Å². The Bertz CT molecular complexity index is 401. The predicted molar refractivity (Wildman–Crippen MR) is 65.0 cm³/mol. The number of ether oxygens (including phenoxy) is 1. The van der Waals surface area contributed by atoms with Crippen LogP contribution in [0.25, 0.3) is 0 Å². The maximum atomic E-state index is 12.8. The number of carbonyl (C=O) groups is 1. The van der Waals surface area contributed by atoms with Crippen LogP contribution in [-0.2, 0) is 9.53 Å². The third kappa shape index (κ3) is 3.20. The van der Waals surface area contributed by atoms with Crippen molar-refractivity contribution in [1.82, 2.24) is 0 Å². The third-order valence-corrected chi connectivity index (χ3v) is 3.10. The van der Waals surface area contributed by atoms with Gasteiger partial charge >= 0.3 is 5.97 Å². The second kappa shape index (κ2) is 5.82. The zero-order valence-electron chi connectivity index (χ0n) is 9.93. The van der Waals surface area contributed by atoms with Crippen LogP contribution in [0, 0.1) is 11.7 Å². The van der Waals surface area contributed by atoms with E-state index >= 15 is 0 Å². The Hall–Kier alpha value is -1.62. The second-order valence-electron chi connectivity index (χ2n) is 4.44. The Morgan fingerprint density at radius 3 is 2.72 bits per heavy atom. The average Bonchev–Trinajstić information content (AvgIpc) is 2.38. The van der Waals surface area contributed by atoms with E-state index in [0.29, 0.717) is 18.9 Å². The molecular weight excluding hydrogens is 237 g/mol. The summed E-state index contributed by atoms with van der Waals surface area (Å²) in [7, 11) is 0. The zero-order chi connectivity index (χ0) is 13.0. The normalized spacial score (nSPS) is 21.3. The summed E-state index contributed by atoms with van der Waals surface area (Å²) in [6.07, 6.45) is 1.70. The number of hydrogen-bond donors (Lipinski definition) is 2. The SMILES string of the molecule is O=C(O)C(Nc1ccc(F)cc1)C1CCCOC1. The van der Waals surface area contributed by atoms with Gasteiger partial charge in [0.15, 0.2) is 0 Å². The molecule has 0 aromatic heterocycles. The fourth-order valence-corrected chi connectivity index (χ4v) is 2.14. The van der Waals surface area contributed by atoms with Crippen molar-refractivity contribution in [2.75, 3.05) is 18.5 Å². The van der Waals surface area contributed by atoms with E-state index in [0.717, 1.165) is 12.8 Å². The average molecular weight is 253 g/mol. The lowest BCUT2D eigenvalue weighted by Gasteiger charge is -2.28. The smallest absolute Gasteiger partial charge is 0.326 e. The number of rotatable bonds is 4. The summed E-state index contributed by atoms with van der Waals surface area (Å²) in [6, 6.07) is 4.98. The van der Waals surface area contributed by atoms with Crippen LogP contribution in [0.5, 0.6) is 0 Å². The molecule has 1 heterocycles. The topological polar surface area (TPSA) is 58.6 Å². The Morgan fingerprint density at radius 2 is 2.17 bits per heavy atom. The van der Waals surface area contributed by atoms with Crippen molar-refractivity contribution in [1.29, 1.82) is 0 Å². The highest BCUT2D eigenvalue weighted by molar-refractivity contribution is 5.77. The van der Waals surface area contributed by atoms with Gasteiger partial charge in [-0.2, -0.15) is 0 Å². The first-order valence-corrected chi connectivity index (χ1v) is 5.99. The molecule has 0 aliphatic carbocycles. The van der Waals surface area contributed by atoms with Gasteiger partial charge in [-0.15, -0.1) is 0 Å². The number of benzene rings is 1. The highest BCUT2D eigenvalue weighted by atomic mass is 19.1. The molecule has 2 unspecified atom stereocenters. The molecular formula is C13H16FNO3. The summed E-state index contributed by atoms with van der Waals surface area (Å²) in [5.41, 5.74) is 0.606. The minimum atomic E-state index is -0.908. The van der Waals surface area contributed by atoms with Crippen LogP contribution in [-0.4, -0.2) is 30.3 Å². The molecule has 4 nitrogen and oxygen atoms in total. The Labute approximate surface area is 105 Å². The molecule has 1 aliphatic rings. The number of nitrogens with one attached hydrogen (secondary N) is 1. The molecule has 1 aromatic carbocycles. The van der Waals surface area contributed by atoms with Crippen LogP contribution in [0.2, 0.25) is 0 Å². The molecule has 1 saturated heterocycles. The molecule has 0 saturated carbocycles. The molecule has 2 rings (SSSR count). The first-order valence-electron chi connectivity index (χ1n) is 5.99. The van der Waals surface area contributed by atoms with Gasteiger partial charge in [0, 0.05) is 18.2 Å².